The van der Waals surface area contributed by atoms with Crippen LogP contribution in [0.2, 0.25) is 0 Å². The minimum atomic E-state index is -0.459. The van der Waals surface area contributed by atoms with Crippen molar-refractivity contribution in [3.63, 3.8) is 0 Å². The molecule has 1 heterocycles. The van der Waals surface area contributed by atoms with Crippen LogP contribution in [0.25, 0.3) is 0 Å². The first-order valence-corrected chi connectivity index (χ1v) is 7.15. The summed E-state index contributed by atoms with van der Waals surface area (Å²) < 4.78 is 10.6. The number of para-hydroxylation sites is 2. The largest absolute Gasteiger partial charge is 0.492 e. The van der Waals surface area contributed by atoms with Crippen molar-refractivity contribution in [2.45, 2.75) is 20.8 Å². The number of halogens is 1. The van der Waals surface area contributed by atoms with E-state index in [1.807, 2.05) is 31.2 Å². The number of carbonyl (C=O) groups is 1. The molecule has 0 aliphatic carbocycles. The standard InChI is InChI=1S/C16H19N3O3.ClH/c1-4-21-14-9-7-6-8-13(14)19-15-12(16(20)22-5-2)10-17-11(3)18-15;/h6-10H,4-5H2,1-3H3,(H,17,18,19);1H. The smallest absolute Gasteiger partial charge is 0.343 e. The molecular weight excluding hydrogens is 318 g/mol. The van der Waals surface area contributed by atoms with E-state index in [0.29, 0.717) is 36.2 Å². The first-order valence-electron chi connectivity index (χ1n) is 7.15. The van der Waals surface area contributed by atoms with Crippen LogP contribution in [0.4, 0.5) is 11.5 Å². The van der Waals surface area contributed by atoms with E-state index in [1.54, 1.807) is 13.8 Å². The van der Waals surface area contributed by atoms with Crippen LogP contribution in [0.3, 0.4) is 0 Å². The average molecular weight is 338 g/mol. The number of benzene rings is 1. The summed E-state index contributed by atoms with van der Waals surface area (Å²) in [5.74, 6) is 1.19. The van der Waals surface area contributed by atoms with E-state index in [9.17, 15) is 4.79 Å². The molecule has 0 amide bonds. The molecule has 0 fully saturated rings. The quantitative estimate of drug-likeness (QED) is 0.813. The van der Waals surface area contributed by atoms with Crippen LogP contribution in [-0.4, -0.2) is 29.2 Å². The minimum absolute atomic E-state index is 0. The second-order valence-electron chi connectivity index (χ2n) is 4.45. The number of nitrogens with one attached hydrogen (secondary N) is 1. The monoisotopic (exact) mass is 337 g/mol. The lowest BCUT2D eigenvalue weighted by atomic mass is 10.2. The summed E-state index contributed by atoms with van der Waals surface area (Å²) in [5.41, 5.74) is 1.02. The molecule has 0 radical (unpaired) electrons. The maximum atomic E-state index is 12.0. The molecule has 0 bridgehead atoms. The van der Waals surface area contributed by atoms with Gasteiger partial charge in [-0.05, 0) is 32.9 Å². The zero-order chi connectivity index (χ0) is 15.9. The Morgan fingerprint density at radius 2 is 1.96 bits per heavy atom. The van der Waals surface area contributed by atoms with Crippen molar-refractivity contribution in [1.82, 2.24) is 9.97 Å². The molecule has 0 unspecified atom stereocenters. The summed E-state index contributed by atoms with van der Waals surface area (Å²) in [6.07, 6.45) is 1.46. The molecule has 0 spiro atoms. The van der Waals surface area contributed by atoms with E-state index in [0.717, 1.165) is 5.69 Å². The first-order chi connectivity index (χ1) is 10.7. The molecule has 1 aromatic heterocycles. The third-order valence-corrected chi connectivity index (χ3v) is 2.84. The Labute approximate surface area is 141 Å². The molecule has 2 rings (SSSR count). The summed E-state index contributed by atoms with van der Waals surface area (Å²) in [6, 6.07) is 7.47. The van der Waals surface area contributed by atoms with E-state index in [-0.39, 0.29) is 12.4 Å². The number of rotatable bonds is 6. The highest BCUT2D eigenvalue weighted by Crippen LogP contribution is 2.28. The van der Waals surface area contributed by atoms with Crippen molar-refractivity contribution in [2.24, 2.45) is 0 Å². The maximum absolute atomic E-state index is 12.0. The highest BCUT2D eigenvalue weighted by molar-refractivity contribution is 5.95. The molecule has 0 saturated heterocycles. The van der Waals surface area contributed by atoms with Crippen LogP contribution >= 0.6 is 12.4 Å². The SMILES string of the molecule is CCOC(=O)c1cnc(C)nc1Nc1ccccc1OCC.Cl. The normalized spacial score (nSPS) is 9.70. The Kier molecular flexibility index (Phi) is 7.28. The molecular formula is C16H20ClN3O3. The van der Waals surface area contributed by atoms with Gasteiger partial charge in [-0.15, -0.1) is 12.4 Å². The predicted octanol–water partition coefficient (Wildman–Crippen LogP) is 3.53. The average Bonchev–Trinajstić information content (AvgIpc) is 2.50. The molecule has 6 nitrogen and oxygen atoms in total. The van der Waals surface area contributed by atoms with Gasteiger partial charge in [0.2, 0.25) is 0 Å². The number of anilines is 2. The molecule has 2 aromatic rings. The topological polar surface area (TPSA) is 73.3 Å². The van der Waals surface area contributed by atoms with Gasteiger partial charge in [0.15, 0.2) is 0 Å². The Hall–Kier alpha value is -2.34. The zero-order valence-electron chi connectivity index (χ0n) is 13.3. The Morgan fingerprint density at radius 1 is 1.22 bits per heavy atom. The fraction of sp³-hybridized carbons (Fsp3) is 0.312. The van der Waals surface area contributed by atoms with Crippen LogP contribution in [0.15, 0.2) is 30.5 Å². The van der Waals surface area contributed by atoms with E-state index in [2.05, 4.69) is 15.3 Å². The highest BCUT2D eigenvalue weighted by Gasteiger charge is 2.16. The molecule has 1 aromatic carbocycles. The third kappa shape index (κ3) is 4.82. The second kappa shape index (κ2) is 8.95. The maximum Gasteiger partial charge on any atom is 0.343 e. The van der Waals surface area contributed by atoms with Gasteiger partial charge in [-0.3, -0.25) is 0 Å². The molecule has 124 valence electrons. The number of aryl methyl sites for hydroxylation is 1. The molecule has 23 heavy (non-hydrogen) atoms. The number of aromatic nitrogens is 2. The summed E-state index contributed by atoms with van der Waals surface area (Å²) in [5, 5.41) is 3.13. The first kappa shape index (κ1) is 18.7. The van der Waals surface area contributed by atoms with Gasteiger partial charge < -0.3 is 14.8 Å². The van der Waals surface area contributed by atoms with E-state index in [1.165, 1.54) is 6.20 Å². The summed E-state index contributed by atoms with van der Waals surface area (Å²) in [4.78, 5) is 20.4. The second-order valence-corrected chi connectivity index (χ2v) is 4.45. The van der Waals surface area contributed by atoms with Crippen molar-refractivity contribution in [1.29, 1.82) is 0 Å². The third-order valence-electron chi connectivity index (χ3n) is 2.84. The van der Waals surface area contributed by atoms with E-state index in [4.69, 9.17) is 9.47 Å². The van der Waals surface area contributed by atoms with Crippen LogP contribution in [0.1, 0.15) is 30.0 Å². The number of carbonyl (C=O) groups excluding carboxylic acids is 1. The summed E-state index contributed by atoms with van der Waals surface area (Å²) >= 11 is 0. The van der Waals surface area contributed by atoms with Gasteiger partial charge >= 0.3 is 5.97 Å². The van der Waals surface area contributed by atoms with E-state index < -0.39 is 5.97 Å². The van der Waals surface area contributed by atoms with Gasteiger partial charge in [0.05, 0.1) is 18.9 Å². The molecule has 1 N–H and O–H groups in total. The van der Waals surface area contributed by atoms with Gasteiger partial charge in [-0.25, -0.2) is 14.8 Å². The number of hydrogen-bond acceptors (Lipinski definition) is 6. The van der Waals surface area contributed by atoms with Crippen LogP contribution in [-0.2, 0) is 4.74 Å². The number of nitrogens with zero attached hydrogens (tertiary/aromatic N) is 2. The predicted molar refractivity (Wildman–Crippen MR) is 90.9 cm³/mol. The van der Waals surface area contributed by atoms with Gasteiger partial charge in [0.1, 0.15) is 23.0 Å². The Bertz CT molecular complexity index is 665. The Balaban J connectivity index is 0.00000264. The lowest BCUT2D eigenvalue weighted by Gasteiger charge is -2.14. The Morgan fingerprint density at radius 3 is 2.65 bits per heavy atom. The lowest BCUT2D eigenvalue weighted by molar-refractivity contribution is 0.0526. The zero-order valence-corrected chi connectivity index (χ0v) is 14.1. The highest BCUT2D eigenvalue weighted by atomic mass is 35.5. The molecule has 0 aliphatic heterocycles. The van der Waals surface area contributed by atoms with E-state index >= 15 is 0 Å². The van der Waals surface area contributed by atoms with Crippen LogP contribution < -0.4 is 10.1 Å². The molecule has 0 aliphatic rings. The lowest BCUT2D eigenvalue weighted by Crippen LogP contribution is -2.11. The van der Waals surface area contributed by atoms with Crippen LogP contribution in [0, 0.1) is 6.92 Å². The molecule has 0 atom stereocenters. The van der Waals surface area contributed by atoms with Crippen molar-refractivity contribution in [2.75, 3.05) is 18.5 Å². The summed E-state index contributed by atoms with van der Waals surface area (Å²) in [6.45, 7) is 6.27. The van der Waals surface area contributed by atoms with Crippen LogP contribution in [0.5, 0.6) is 5.75 Å². The fourth-order valence-corrected chi connectivity index (χ4v) is 1.90. The molecule has 0 saturated carbocycles. The number of ether oxygens (including phenoxy) is 2. The van der Waals surface area contributed by atoms with Crippen molar-refractivity contribution < 1.29 is 14.3 Å². The number of hydrogen-bond donors (Lipinski definition) is 1. The van der Waals surface area contributed by atoms with Gasteiger partial charge in [-0.2, -0.15) is 0 Å². The minimum Gasteiger partial charge on any atom is -0.492 e. The summed E-state index contributed by atoms with van der Waals surface area (Å²) in [7, 11) is 0. The van der Waals surface area contributed by atoms with Gasteiger partial charge in [0, 0.05) is 6.20 Å². The van der Waals surface area contributed by atoms with Crippen molar-refractivity contribution in [3.05, 3.63) is 41.9 Å². The van der Waals surface area contributed by atoms with Crippen molar-refractivity contribution >= 4 is 29.9 Å². The van der Waals surface area contributed by atoms with Gasteiger partial charge in [0.25, 0.3) is 0 Å². The van der Waals surface area contributed by atoms with Gasteiger partial charge in [-0.1, -0.05) is 12.1 Å². The van der Waals surface area contributed by atoms with Crippen molar-refractivity contribution in [3.8, 4) is 5.75 Å². The molecule has 7 heteroatoms. The number of esters is 1. The fourth-order valence-electron chi connectivity index (χ4n) is 1.90.